The van der Waals surface area contributed by atoms with Crippen molar-refractivity contribution in [3.63, 3.8) is 0 Å². The molecule has 1 rings (SSSR count). The van der Waals surface area contributed by atoms with Gasteiger partial charge in [-0.3, -0.25) is 10.1 Å². The minimum Gasteiger partial charge on any atom is -0.478 e. The molecule has 0 aliphatic carbocycles. The van der Waals surface area contributed by atoms with Crippen molar-refractivity contribution in [2.75, 3.05) is 0 Å². The zero-order valence-electron chi connectivity index (χ0n) is 6.94. The van der Waals surface area contributed by atoms with Crippen LogP contribution in [0.1, 0.15) is 10.4 Å². The molecule has 1 aromatic carbocycles. The van der Waals surface area contributed by atoms with E-state index in [0.29, 0.717) is 0 Å². The lowest BCUT2D eigenvalue weighted by molar-refractivity contribution is -0.387. The Kier molecular flexibility index (Phi) is 4.63. The normalized spacial score (nSPS) is 9.20. The zero-order valence-corrected chi connectivity index (χ0v) is 9.34. The minimum absolute atomic E-state index is 0. The molecular formula is C7H4BrClFNO4. The largest absolute Gasteiger partial charge is 0.478 e. The maximum absolute atomic E-state index is 13.2. The van der Waals surface area contributed by atoms with Crippen LogP contribution in [0.4, 0.5) is 10.1 Å². The van der Waals surface area contributed by atoms with Crippen molar-refractivity contribution in [1.29, 1.82) is 0 Å². The predicted octanol–water partition coefficient (Wildman–Crippen LogP) is 2.62. The van der Waals surface area contributed by atoms with Crippen molar-refractivity contribution in [2.45, 2.75) is 0 Å². The highest BCUT2D eigenvalue weighted by Crippen LogP contribution is 2.27. The maximum Gasteiger partial charge on any atom is 0.340 e. The Morgan fingerprint density at radius 1 is 1.53 bits per heavy atom. The number of carboxylic acid groups (broad SMARTS) is 1. The summed E-state index contributed by atoms with van der Waals surface area (Å²) in [6, 6.07) is 2.01. The minimum atomic E-state index is -1.56. The molecule has 0 atom stereocenters. The van der Waals surface area contributed by atoms with E-state index in [4.69, 9.17) is 5.11 Å². The molecule has 0 heterocycles. The number of nitro benzene ring substituents is 1. The monoisotopic (exact) mass is 299 g/mol. The average molecular weight is 300 g/mol. The first-order chi connectivity index (χ1) is 6.45. The smallest absolute Gasteiger partial charge is 0.340 e. The van der Waals surface area contributed by atoms with Gasteiger partial charge in [0.15, 0.2) is 0 Å². The van der Waals surface area contributed by atoms with Crippen LogP contribution in [0.15, 0.2) is 16.6 Å². The second-order valence-corrected chi connectivity index (χ2v) is 3.17. The van der Waals surface area contributed by atoms with Gasteiger partial charge in [-0.05, 0) is 22.0 Å². The van der Waals surface area contributed by atoms with Crippen molar-refractivity contribution in [3.8, 4) is 0 Å². The van der Waals surface area contributed by atoms with Crippen LogP contribution in [0.5, 0.6) is 0 Å². The van der Waals surface area contributed by atoms with Crippen molar-refractivity contribution in [2.24, 2.45) is 0 Å². The van der Waals surface area contributed by atoms with Crippen molar-refractivity contribution < 1.29 is 19.2 Å². The number of carboxylic acids is 1. The molecule has 8 heteroatoms. The molecule has 0 aliphatic rings. The number of nitro groups is 1. The molecule has 0 spiro atoms. The van der Waals surface area contributed by atoms with Gasteiger partial charge in [-0.1, -0.05) is 0 Å². The van der Waals surface area contributed by atoms with Gasteiger partial charge >= 0.3 is 11.7 Å². The Hall–Kier alpha value is -1.21. The molecule has 15 heavy (non-hydrogen) atoms. The van der Waals surface area contributed by atoms with E-state index in [2.05, 4.69) is 15.9 Å². The summed E-state index contributed by atoms with van der Waals surface area (Å²) in [4.78, 5) is 19.8. The van der Waals surface area contributed by atoms with Crippen molar-refractivity contribution >= 4 is 40.0 Å². The summed E-state index contributed by atoms with van der Waals surface area (Å²) in [5.74, 6) is -2.91. The third kappa shape index (κ3) is 2.63. The van der Waals surface area contributed by atoms with Gasteiger partial charge < -0.3 is 5.11 Å². The first-order valence-electron chi connectivity index (χ1n) is 3.31. The van der Waals surface area contributed by atoms with E-state index in [1.54, 1.807) is 0 Å². The quantitative estimate of drug-likeness (QED) is 0.672. The Morgan fingerprint density at radius 2 is 2.07 bits per heavy atom. The molecule has 0 aromatic heterocycles. The van der Waals surface area contributed by atoms with Crippen LogP contribution < -0.4 is 0 Å². The molecule has 0 unspecified atom stereocenters. The van der Waals surface area contributed by atoms with Gasteiger partial charge in [0.1, 0.15) is 5.56 Å². The van der Waals surface area contributed by atoms with E-state index in [9.17, 15) is 19.3 Å². The topological polar surface area (TPSA) is 80.4 Å². The lowest BCUT2D eigenvalue weighted by Gasteiger charge is -2.00. The molecule has 0 radical (unpaired) electrons. The fourth-order valence-electron chi connectivity index (χ4n) is 0.879. The van der Waals surface area contributed by atoms with Crippen molar-refractivity contribution in [1.82, 2.24) is 0 Å². The van der Waals surface area contributed by atoms with Gasteiger partial charge in [0.2, 0.25) is 5.82 Å². The molecule has 0 aliphatic heterocycles. The van der Waals surface area contributed by atoms with Crippen LogP contribution in [0.2, 0.25) is 0 Å². The number of rotatable bonds is 2. The molecule has 0 saturated heterocycles. The van der Waals surface area contributed by atoms with Crippen LogP contribution in [-0.2, 0) is 0 Å². The summed E-state index contributed by atoms with van der Waals surface area (Å²) < 4.78 is 13.1. The highest BCUT2D eigenvalue weighted by atomic mass is 79.9. The molecular weight excluding hydrogens is 296 g/mol. The third-order valence-corrected chi connectivity index (χ3v) is 2.14. The van der Waals surface area contributed by atoms with E-state index < -0.39 is 28.0 Å². The van der Waals surface area contributed by atoms with E-state index in [1.165, 1.54) is 0 Å². The maximum atomic E-state index is 13.2. The number of halogens is 3. The number of hydrogen-bond acceptors (Lipinski definition) is 3. The number of carbonyl (C=O) groups is 1. The molecule has 0 fully saturated rings. The van der Waals surface area contributed by atoms with E-state index >= 15 is 0 Å². The lowest BCUT2D eigenvalue weighted by Crippen LogP contribution is -2.04. The Labute approximate surface area is 97.6 Å². The van der Waals surface area contributed by atoms with Gasteiger partial charge in [0.05, 0.1) is 4.92 Å². The van der Waals surface area contributed by atoms with Crippen LogP contribution in [0.25, 0.3) is 0 Å². The molecule has 0 saturated carbocycles. The Bertz CT molecular complexity index is 426. The summed E-state index contributed by atoms with van der Waals surface area (Å²) in [6.07, 6.45) is 0. The van der Waals surface area contributed by atoms with E-state index in [-0.39, 0.29) is 16.9 Å². The van der Waals surface area contributed by atoms with Gasteiger partial charge in [0.25, 0.3) is 0 Å². The number of hydrogen-bond donors (Lipinski definition) is 1. The average Bonchev–Trinajstić information content (AvgIpc) is 2.02. The number of nitrogens with zero attached hydrogens (tertiary/aromatic N) is 1. The van der Waals surface area contributed by atoms with Crippen LogP contribution >= 0.6 is 28.3 Å². The molecule has 0 bridgehead atoms. The second-order valence-electron chi connectivity index (χ2n) is 2.32. The van der Waals surface area contributed by atoms with Crippen LogP contribution in [-0.4, -0.2) is 16.0 Å². The Morgan fingerprint density at radius 3 is 2.47 bits per heavy atom. The first-order valence-corrected chi connectivity index (χ1v) is 4.10. The number of aromatic carboxylic acids is 1. The second kappa shape index (κ2) is 5.04. The van der Waals surface area contributed by atoms with Gasteiger partial charge in [-0.15, -0.1) is 12.4 Å². The predicted molar refractivity (Wildman–Crippen MR) is 55.0 cm³/mol. The summed E-state index contributed by atoms with van der Waals surface area (Å²) in [5, 5.41) is 18.8. The van der Waals surface area contributed by atoms with Gasteiger partial charge in [0, 0.05) is 10.5 Å². The SMILES string of the molecule is Cl.O=C(O)c1c(Br)ccc([N+](=O)[O-])c1F. The standard InChI is InChI=1S/C7H3BrFNO4.ClH/c8-3-1-2-4(10(13)14)6(9)5(3)7(11)12;/h1-2H,(H,11,12);1H. The molecule has 1 aromatic rings. The first kappa shape index (κ1) is 13.8. The zero-order chi connectivity index (χ0) is 10.9. The summed E-state index contributed by atoms with van der Waals surface area (Å²) >= 11 is 2.79. The summed E-state index contributed by atoms with van der Waals surface area (Å²) in [7, 11) is 0. The Balaban J connectivity index is 0.00000196. The molecule has 0 amide bonds. The summed E-state index contributed by atoms with van der Waals surface area (Å²) in [6.45, 7) is 0. The van der Waals surface area contributed by atoms with Gasteiger partial charge in [-0.2, -0.15) is 4.39 Å². The fraction of sp³-hybridized carbons (Fsp3) is 0. The fourth-order valence-corrected chi connectivity index (χ4v) is 1.35. The van der Waals surface area contributed by atoms with E-state index in [1.807, 2.05) is 0 Å². The molecule has 5 nitrogen and oxygen atoms in total. The number of benzene rings is 1. The van der Waals surface area contributed by atoms with Crippen LogP contribution in [0, 0.1) is 15.9 Å². The highest BCUT2D eigenvalue weighted by molar-refractivity contribution is 9.10. The van der Waals surface area contributed by atoms with Crippen molar-refractivity contribution in [3.05, 3.63) is 38.1 Å². The highest BCUT2D eigenvalue weighted by Gasteiger charge is 2.24. The lowest BCUT2D eigenvalue weighted by atomic mass is 10.2. The molecule has 1 N–H and O–H groups in total. The summed E-state index contributed by atoms with van der Waals surface area (Å²) in [5.41, 5.74) is -1.59. The van der Waals surface area contributed by atoms with E-state index in [0.717, 1.165) is 12.1 Å². The van der Waals surface area contributed by atoms with Gasteiger partial charge in [-0.25, -0.2) is 4.79 Å². The van der Waals surface area contributed by atoms with Crippen LogP contribution in [0.3, 0.4) is 0 Å². The third-order valence-electron chi connectivity index (χ3n) is 1.48. The molecule has 82 valence electrons.